The molecule has 1 aromatic carbocycles. The molecule has 100 valence electrons. The molecule has 1 N–H and O–H groups in total. The van der Waals surface area contributed by atoms with Gasteiger partial charge >= 0.3 is 0 Å². The highest BCUT2D eigenvalue weighted by atomic mass is 16.5. The van der Waals surface area contributed by atoms with Gasteiger partial charge in [0.1, 0.15) is 0 Å². The Morgan fingerprint density at radius 2 is 2.16 bits per heavy atom. The van der Waals surface area contributed by atoms with Crippen LogP contribution in [0.3, 0.4) is 0 Å². The molecule has 1 fully saturated rings. The number of rotatable bonds is 5. The van der Waals surface area contributed by atoms with Crippen molar-refractivity contribution in [3.05, 3.63) is 48.3 Å². The Bertz CT molecular complexity index is 518. The number of aromatic nitrogens is 2. The molecule has 0 amide bonds. The minimum atomic E-state index is 0.443. The molecule has 0 saturated heterocycles. The van der Waals surface area contributed by atoms with Crippen molar-refractivity contribution >= 4 is 0 Å². The Morgan fingerprint density at radius 3 is 2.89 bits per heavy atom. The van der Waals surface area contributed by atoms with Crippen LogP contribution in [0.4, 0.5) is 0 Å². The van der Waals surface area contributed by atoms with Gasteiger partial charge in [-0.05, 0) is 30.5 Å². The quantitative estimate of drug-likeness (QED) is 0.892. The van der Waals surface area contributed by atoms with Gasteiger partial charge in [0.25, 0.3) is 0 Å². The van der Waals surface area contributed by atoms with Crippen molar-refractivity contribution in [3.63, 3.8) is 0 Å². The summed E-state index contributed by atoms with van der Waals surface area (Å²) in [6.45, 7) is 0.872. The second kappa shape index (κ2) is 5.55. The fraction of sp³-hybridized carbons (Fsp3) is 0.400. The zero-order valence-corrected chi connectivity index (χ0v) is 11.1. The first-order valence-corrected chi connectivity index (χ1v) is 6.71. The predicted molar refractivity (Wildman–Crippen MR) is 74.2 cm³/mol. The number of hydrogen-bond acceptors (Lipinski definition) is 3. The molecule has 1 aliphatic rings. The van der Waals surface area contributed by atoms with E-state index in [1.165, 1.54) is 5.56 Å². The number of hydrogen-bond donors (Lipinski definition) is 1. The molecular weight excluding hydrogens is 238 g/mol. The van der Waals surface area contributed by atoms with Crippen LogP contribution in [0.15, 0.2) is 42.7 Å². The van der Waals surface area contributed by atoms with E-state index in [0.717, 1.165) is 25.1 Å². The zero-order valence-electron chi connectivity index (χ0n) is 11.1. The number of methoxy groups -OCH3 is 1. The Balaban J connectivity index is 1.65. The van der Waals surface area contributed by atoms with Crippen molar-refractivity contribution in [2.45, 2.75) is 31.5 Å². The first-order chi connectivity index (χ1) is 9.36. The molecule has 1 heterocycles. The Labute approximate surface area is 113 Å². The molecule has 0 radical (unpaired) electrons. The van der Waals surface area contributed by atoms with E-state index in [2.05, 4.69) is 28.6 Å². The van der Waals surface area contributed by atoms with E-state index >= 15 is 0 Å². The zero-order chi connectivity index (χ0) is 13.1. The topological polar surface area (TPSA) is 39.1 Å². The highest BCUT2D eigenvalue weighted by molar-refractivity contribution is 5.40. The van der Waals surface area contributed by atoms with Crippen LogP contribution >= 0.6 is 0 Å². The maximum atomic E-state index is 5.30. The summed E-state index contributed by atoms with van der Waals surface area (Å²) in [7, 11) is 1.79. The van der Waals surface area contributed by atoms with Crippen molar-refractivity contribution in [2.24, 2.45) is 0 Å². The second-order valence-corrected chi connectivity index (χ2v) is 4.99. The lowest BCUT2D eigenvalue weighted by Gasteiger charge is -2.35. The third-order valence-corrected chi connectivity index (χ3v) is 3.75. The lowest BCUT2D eigenvalue weighted by atomic mass is 9.89. The average molecular weight is 257 g/mol. The van der Waals surface area contributed by atoms with E-state index in [9.17, 15) is 0 Å². The third kappa shape index (κ3) is 2.69. The van der Waals surface area contributed by atoms with Crippen molar-refractivity contribution in [1.29, 1.82) is 0 Å². The molecule has 1 saturated carbocycles. The van der Waals surface area contributed by atoms with E-state index in [1.807, 2.05) is 23.0 Å². The molecule has 2 aromatic rings. The highest BCUT2D eigenvalue weighted by Crippen LogP contribution is 2.23. The van der Waals surface area contributed by atoms with Crippen molar-refractivity contribution in [1.82, 2.24) is 15.1 Å². The number of ether oxygens (including phenoxy) is 1. The molecule has 0 unspecified atom stereocenters. The van der Waals surface area contributed by atoms with Crippen LogP contribution in [0.2, 0.25) is 0 Å². The van der Waals surface area contributed by atoms with E-state index in [4.69, 9.17) is 4.74 Å². The second-order valence-electron chi connectivity index (χ2n) is 4.99. The van der Waals surface area contributed by atoms with Crippen LogP contribution in [-0.4, -0.2) is 29.0 Å². The number of nitrogens with one attached hydrogen (secondary N) is 1. The summed E-state index contributed by atoms with van der Waals surface area (Å²) in [6.07, 6.45) is 6.45. The summed E-state index contributed by atoms with van der Waals surface area (Å²) in [5.74, 6) is 0. The average Bonchev–Trinajstić information content (AvgIpc) is 2.91. The Hall–Kier alpha value is -1.65. The van der Waals surface area contributed by atoms with Gasteiger partial charge in [0.05, 0.1) is 11.8 Å². The monoisotopic (exact) mass is 257 g/mol. The van der Waals surface area contributed by atoms with Crippen molar-refractivity contribution < 1.29 is 4.74 Å². The Morgan fingerprint density at radius 1 is 1.32 bits per heavy atom. The molecule has 1 aliphatic carbocycles. The molecule has 0 bridgehead atoms. The van der Waals surface area contributed by atoms with Crippen LogP contribution in [0.5, 0.6) is 0 Å². The van der Waals surface area contributed by atoms with Gasteiger partial charge < -0.3 is 10.1 Å². The summed E-state index contributed by atoms with van der Waals surface area (Å²) < 4.78 is 7.21. The smallest absolute Gasteiger partial charge is 0.0690 e. The van der Waals surface area contributed by atoms with Crippen LogP contribution in [-0.2, 0) is 11.3 Å². The summed E-state index contributed by atoms with van der Waals surface area (Å²) >= 11 is 0. The predicted octanol–water partition coefficient (Wildman–Crippen LogP) is 2.14. The van der Waals surface area contributed by atoms with Crippen LogP contribution < -0.4 is 5.32 Å². The van der Waals surface area contributed by atoms with Crippen molar-refractivity contribution in [3.8, 4) is 5.69 Å². The molecule has 0 aliphatic heterocycles. The molecule has 4 heteroatoms. The molecule has 1 aromatic heterocycles. The number of benzene rings is 1. The van der Waals surface area contributed by atoms with Gasteiger partial charge in [0, 0.05) is 32.1 Å². The standard InChI is InChI=1S/C15H19N3O/c1-19-14-9-13(10-14)16-11-12-5-2-3-6-15(12)18-8-4-7-17-18/h2-8,13-14,16H,9-11H2,1H3. The minimum absolute atomic E-state index is 0.443. The van der Waals surface area contributed by atoms with Crippen molar-refractivity contribution in [2.75, 3.05) is 7.11 Å². The van der Waals surface area contributed by atoms with Crippen LogP contribution in [0.1, 0.15) is 18.4 Å². The summed E-state index contributed by atoms with van der Waals surface area (Å²) in [5, 5.41) is 7.88. The van der Waals surface area contributed by atoms with E-state index in [-0.39, 0.29) is 0 Å². The Kier molecular flexibility index (Phi) is 3.62. The highest BCUT2D eigenvalue weighted by Gasteiger charge is 2.28. The van der Waals surface area contributed by atoms with Gasteiger partial charge in [0.15, 0.2) is 0 Å². The lowest BCUT2D eigenvalue weighted by molar-refractivity contribution is 0.0170. The van der Waals surface area contributed by atoms with Crippen LogP contribution in [0.25, 0.3) is 5.69 Å². The lowest BCUT2D eigenvalue weighted by Crippen LogP contribution is -2.44. The number of para-hydroxylation sites is 1. The molecular formula is C15H19N3O. The minimum Gasteiger partial charge on any atom is -0.381 e. The molecule has 19 heavy (non-hydrogen) atoms. The SMILES string of the molecule is COC1CC(NCc2ccccc2-n2cccn2)C1. The number of nitrogens with zero attached hydrogens (tertiary/aromatic N) is 2. The summed E-state index contributed by atoms with van der Waals surface area (Å²) in [5.41, 5.74) is 2.41. The van der Waals surface area contributed by atoms with E-state index in [0.29, 0.717) is 12.1 Å². The normalized spacial score (nSPS) is 22.2. The fourth-order valence-electron chi connectivity index (χ4n) is 2.47. The largest absolute Gasteiger partial charge is 0.381 e. The fourth-order valence-corrected chi connectivity index (χ4v) is 2.47. The van der Waals surface area contributed by atoms with Crippen LogP contribution in [0, 0.1) is 0 Å². The summed E-state index contributed by atoms with van der Waals surface area (Å²) in [4.78, 5) is 0. The maximum Gasteiger partial charge on any atom is 0.0690 e. The summed E-state index contributed by atoms with van der Waals surface area (Å²) in [6, 6.07) is 10.9. The van der Waals surface area contributed by atoms with Gasteiger partial charge in [0.2, 0.25) is 0 Å². The molecule has 4 nitrogen and oxygen atoms in total. The van der Waals surface area contributed by atoms with Gasteiger partial charge in [-0.25, -0.2) is 4.68 Å². The first-order valence-electron chi connectivity index (χ1n) is 6.71. The van der Waals surface area contributed by atoms with Gasteiger partial charge in [-0.2, -0.15) is 5.10 Å². The molecule has 0 atom stereocenters. The van der Waals surface area contributed by atoms with E-state index in [1.54, 1.807) is 13.3 Å². The van der Waals surface area contributed by atoms with Gasteiger partial charge in [-0.1, -0.05) is 18.2 Å². The molecule has 3 rings (SSSR count). The van der Waals surface area contributed by atoms with Gasteiger partial charge in [-0.3, -0.25) is 0 Å². The third-order valence-electron chi connectivity index (χ3n) is 3.75. The van der Waals surface area contributed by atoms with E-state index < -0.39 is 0 Å². The molecule has 0 spiro atoms. The van der Waals surface area contributed by atoms with Gasteiger partial charge in [-0.15, -0.1) is 0 Å². The first kappa shape index (κ1) is 12.4. The maximum absolute atomic E-state index is 5.30.